The van der Waals surface area contributed by atoms with Crippen molar-refractivity contribution in [3.05, 3.63) is 0 Å². The van der Waals surface area contributed by atoms with Gasteiger partial charge in [-0.05, 0) is 0 Å². The topological polar surface area (TPSA) is 0 Å². The van der Waals surface area contributed by atoms with Gasteiger partial charge in [-0.25, -0.2) is 0 Å². The second kappa shape index (κ2) is 15.7. The number of hydrogen-bond donors (Lipinski definition) is 0. The summed E-state index contributed by atoms with van der Waals surface area (Å²) < 4.78 is 0. The first-order chi connectivity index (χ1) is 4.33. The Labute approximate surface area is 60.7 Å². The van der Waals surface area contributed by atoms with Gasteiger partial charge in [-0.3, -0.25) is 0 Å². The molecule has 1 aliphatic carbocycles. The van der Waals surface area contributed by atoms with Crippen LogP contribution in [0.4, 0.5) is 0 Å². The van der Waals surface area contributed by atoms with Crippen LogP contribution in [0.1, 0.15) is 59.8 Å². The lowest BCUT2D eigenvalue weighted by molar-refractivity contribution is 1.09. The average Bonchev–Trinajstić information content (AvgIpc) is 2.48. The van der Waals surface area contributed by atoms with Gasteiger partial charge in [-0.15, -0.1) is 0 Å². The van der Waals surface area contributed by atoms with E-state index in [1.807, 2.05) is 0 Å². The van der Waals surface area contributed by atoms with Gasteiger partial charge in [0.25, 0.3) is 0 Å². The third-order valence-corrected chi connectivity index (χ3v) is 0.354. The zero-order valence-electron chi connectivity index (χ0n) is 7.54. The molecule has 1 rings (SSSR count). The molecule has 0 bridgehead atoms. The number of hydrogen-bond acceptors (Lipinski definition) is 0. The summed E-state index contributed by atoms with van der Waals surface area (Å²) >= 11 is 0. The Morgan fingerprint density at radius 1 is 0.667 bits per heavy atom. The maximum absolute atomic E-state index is 2.12. The SMILES string of the molecule is C1CC1.CCC.CCC. The fourth-order valence-electron chi connectivity index (χ4n) is 0. The van der Waals surface area contributed by atoms with Gasteiger partial charge in [-0.1, -0.05) is 59.8 Å². The van der Waals surface area contributed by atoms with Crippen molar-refractivity contribution in [2.45, 2.75) is 59.8 Å². The maximum atomic E-state index is 2.12. The highest BCUT2D eigenvalue weighted by Crippen LogP contribution is 2.14. The first-order valence-corrected chi connectivity index (χ1v) is 4.33. The van der Waals surface area contributed by atoms with E-state index in [0.29, 0.717) is 0 Å². The second-order valence-corrected chi connectivity index (χ2v) is 2.47. The van der Waals surface area contributed by atoms with E-state index in [2.05, 4.69) is 27.7 Å². The maximum Gasteiger partial charge on any atom is -0.0533 e. The van der Waals surface area contributed by atoms with E-state index in [1.165, 1.54) is 32.1 Å². The third kappa shape index (κ3) is 288. The van der Waals surface area contributed by atoms with Crippen molar-refractivity contribution < 1.29 is 0 Å². The lowest BCUT2D eigenvalue weighted by atomic mass is 10.6. The van der Waals surface area contributed by atoms with Crippen molar-refractivity contribution in [2.75, 3.05) is 0 Å². The van der Waals surface area contributed by atoms with Gasteiger partial charge >= 0.3 is 0 Å². The quantitative estimate of drug-likeness (QED) is 0.465. The van der Waals surface area contributed by atoms with Gasteiger partial charge < -0.3 is 0 Å². The summed E-state index contributed by atoms with van der Waals surface area (Å²) in [4.78, 5) is 0. The van der Waals surface area contributed by atoms with Crippen LogP contribution < -0.4 is 0 Å². The molecule has 0 heteroatoms. The number of rotatable bonds is 0. The molecule has 1 fully saturated rings. The molecule has 0 heterocycles. The van der Waals surface area contributed by atoms with Crippen LogP contribution in [0.25, 0.3) is 0 Å². The van der Waals surface area contributed by atoms with E-state index in [4.69, 9.17) is 0 Å². The molecule has 0 atom stereocenters. The van der Waals surface area contributed by atoms with Crippen molar-refractivity contribution in [3.63, 3.8) is 0 Å². The van der Waals surface area contributed by atoms with E-state index in [9.17, 15) is 0 Å². The summed E-state index contributed by atoms with van der Waals surface area (Å²) in [5.74, 6) is 0. The Kier molecular flexibility index (Phi) is 20.5. The van der Waals surface area contributed by atoms with Crippen LogP contribution in [0.5, 0.6) is 0 Å². The molecule has 9 heavy (non-hydrogen) atoms. The lowest BCUT2D eigenvalue weighted by Crippen LogP contribution is -1.27. The fraction of sp³-hybridized carbons (Fsp3) is 1.00. The van der Waals surface area contributed by atoms with Gasteiger partial charge in [0.1, 0.15) is 0 Å². The smallest absolute Gasteiger partial charge is 0.0533 e. The molecule has 0 spiro atoms. The van der Waals surface area contributed by atoms with Crippen molar-refractivity contribution in [1.29, 1.82) is 0 Å². The van der Waals surface area contributed by atoms with Crippen LogP contribution in [0, 0.1) is 0 Å². The molecule has 1 aliphatic rings. The first-order valence-electron chi connectivity index (χ1n) is 4.33. The van der Waals surface area contributed by atoms with E-state index < -0.39 is 0 Å². The fourth-order valence-corrected chi connectivity index (χ4v) is 0. The monoisotopic (exact) mass is 130 g/mol. The molecule has 0 saturated heterocycles. The summed E-state index contributed by atoms with van der Waals surface area (Å²) in [6.45, 7) is 8.50. The molecule has 58 valence electrons. The van der Waals surface area contributed by atoms with E-state index in [1.54, 1.807) is 0 Å². The van der Waals surface area contributed by atoms with Crippen LogP contribution in [-0.4, -0.2) is 0 Å². The molecular weight excluding hydrogens is 108 g/mol. The van der Waals surface area contributed by atoms with Gasteiger partial charge in [0, 0.05) is 0 Å². The van der Waals surface area contributed by atoms with Gasteiger partial charge in [0.05, 0.1) is 0 Å². The highest BCUT2D eigenvalue weighted by molar-refractivity contribution is 4.50. The lowest BCUT2D eigenvalue weighted by Gasteiger charge is -1.48. The summed E-state index contributed by atoms with van der Waals surface area (Å²) in [6, 6.07) is 0. The molecule has 0 unspecified atom stereocenters. The predicted molar refractivity (Wildman–Crippen MR) is 45.8 cm³/mol. The van der Waals surface area contributed by atoms with E-state index in [-0.39, 0.29) is 0 Å². The normalized spacial score (nSPS) is 12.0. The Bertz CT molecular complexity index is 16.5. The Morgan fingerprint density at radius 3 is 0.778 bits per heavy atom. The second-order valence-electron chi connectivity index (χ2n) is 2.47. The largest absolute Gasteiger partial charge is 0.0656 e. The van der Waals surface area contributed by atoms with E-state index in [0.717, 1.165) is 0 Å². The molecule has 0 radical (unpaired) electrons. The van der Waals surface area contributed by atoms with Crippen molar-refractivity contribution in [3.8, 4) is 0 Å². The molecule has 0 aromatic rings. The summed E-state index contributed by atoms with van der Waals surface area (Å²) in [7, 11) is 0. The van der Waals surface area contributed by atoms with Crippen LogP contribution in [0.3, 0.4) is 0 Å². The van der Waals surface area contributed by atoms with Gasteiger partial charge in [-0.2, -0.15) is 0 Å². The Balaban J connectivity index is 0. The van der Waals surface area contributed by atoms with Crippen molar-refractivity contribution >= 4 is 0 Å². The van der Waals surface area contributed by atoms with Crippen LogP contribution in [0.2, 0.25) is 0 Å². The first kappa shape index (κ1) is 11.8. The molecule has 0 nitrogen and oxygen atoms in total. The van der Waals surface area contributed by atoms with Gasteiger partial charge in [0.15, 0.2) is 0 Å². The molecule has 0 amide bonds. The standard InChI is InChI=1S/C3H6.2C3H8/c1-2-3-1;2*1-3-2/h1-3H2;2*3H2,1-2H3. The molecule has 0 aromatic heterocycles. The van der Waals surface area contributed by atoms with E-state index >= 15 is 0 Å². The Morgan fingerprint density at radius 2 is 0.778 bits per heavy atom. The zero-order chi connectivity index (χ0) is 7.54. The highest BCUT2D eigenvalue weighted by Gasteiger charge is 1.95. The predicted octanol–water partition coefficient (Wildman–Crippen LogP) is 4.00. The van der Waals surface area contributed by atoms with Crippen LogP contribution in [0.15, 0.2) is 0 Å². The van der Waals surface area contributed by atoms with Crippen LogP contribution >= 0.6 is 0 Å². The van der Waals surface area contributed by atoms with Gasteiger partial charge in [0.2, 0.25) is 0 Å². The average molecular weight is 130 g/mol. The molecule has 0 aromatic carbocycles. The zero-order valence-corrected chi connectivity index (χ0v) is 7.54. The Hall–Kier alpha value is 0. The van der Waals surface area contributed by atoms with Crippen molar-refractivity contribution in [1.82, 2.24) is 0 Å². The third-order valence-electron chi connectivity index (χ3n) is 0.354. The highest BCUT2D eigenvalue weighted by atomic mass is 14.0. The summed E-state index contributed by atoms with van der Waals surface area (Å²) in [5, 5.41) is 0. The molecular formula is C9H22. The minimum atomic E-state index is 1.25. The van der Waals surface area contributed by atoms with Crippen molar-refractivity contribution in [2.24, 2.45) is 0 Å². The summed E-state index contributed by atoms with van der Waals surface area (Å²) in [6.07, 6.45) is 7.00. The molecule has 1 saturated carbocycles. The van der Waals surface area contributed by atoms with Crippen LogP contribution in [-0.2, 0) is 0 Å². The molecule has 0 aliphatic heterocycles. The minimum Gasteiger partial charge on any atom is -0.0656 e. The molecule has 0 N–H and O–H groups in total. The minimum absolute atomic E-state index is 1.25. The summed E-state index contributed by atoms with van der Waals surface area (Å²) in [5.41, 5.74) is 0.